The predicted molar refractivity (Wildman–Crippen MR) is 131 cm³/mol. The number of amides is 2. The van der Waals surface area contributed by atoms with Crippen molar-refractivity contribution in [2.24, 2.45) is 5.92 Å². The summed E-state index contributed by atoms with van der Waals surface area (Å²) in [4.78, 5) is 34.9. The SMILES string of the molecule is CC(C)(C)OC(=O)N1[C@H]2CC[C@H](C2)[C@@H]1COc1cnccc1-c1[nH]c2c(c1I)C(=O)NCC2. The molecule has 4 heterocycles. The van der Waals surface area contributed by atoms with Crippen molar-refractivity contribution in [1.29, 1.82) is 0 Å². The number of hydrogen-bond acceptors (Lipinski definition) is 5. The summed E-state index contributed by atoms with van der Waals surface area (Å²) in [7, 11) is 0. The molecule has 1 saturated heterocycles. The van der Waals surface area contributed by atoms with E-state index in [4.69, 9.17) is 9.47 Å². The van der Waals surface area contributed by atoms with Crippen LogP contribution in [0, 0.1) is 9.49 Å². The molecule has 2 N–H and O–H groups in total. The maximum Gasteiger partial charge on any atom is 0.410 e. The van der Waals surface area contributed by atoms with E-state index >= 15 is 0 Å². The number of pyridine rings is 1. The number of aromatic amines is 1. The Labute approximate surface area is 206 Å². The Balaban J connectivity index is 1.38. The van der Waals surface area contributed by atoms with Crippen LogP contribution in [-0.4, -0.2) is 57.7 Å². The van der Waals surface area contributed by atoms with Crippen LogP contribution in [0.25, 0.3) is 11.3 Å². The molecule has 2 aromatic heterocycles. The zero-order valence-corrected chi connectivity index (χ0v) is 21.3. The molecule has 2 aromatic rings. The quantitative estimate of drug-likeness (QED) is 0.545. The smallest absolute Gasteiger partial charge is 0.410 e. The molecule has 5 rings (SSSR count). The van der Waals surface area contributed by atoms with Crippen molar-refractivity contribution in [2.75, 3.05) is 13.2 Å². The number of carbonyl (C=O) groups excluding carboxylic acids is 2. The Morgan fingerprint density at radius 3 is 2.91 bits per heavy atom. The van der Waals surface area contributed by atoms with Crippen molar-refractivity contribution in [1.82, 2.24) is 20.2 Å². The van der Waals surface area contributed by atoms with Crippen molar-refractivity contribution in [2.45, 2.75) is 64.1 Å². The fraction of sp³-hybridized carbons (Fsp3) is 0.542. The zero-order chi connectivity index (χ0) is 23.3. The van der Waals surface area contributed by atoms with Crippen molar-refractivity contribution >= 4 is 34.6 Å². The molecule has 0 radical (unpaired) electrons. The number of likely N-dealkylation sites (tertiary alicyclic amines) is 1. The highest BCUT2D eigenvalue weighted by Gasteiger charge is 2.49. The predicted octanol–water partition coefficient (Wildman–Crippen LogP) is 4.13. The first-order chi connectivity index (χ1) is 15.7. The van der Waals surface area contributed by atoms with Gasteiger partial charge in [-0.15, -0.1) is 0 Å². The highest BCUT2D eigenvalue weighted by Crippen LogP contribution is 2.44. The first-order valence-electron chi connectivity index (χ1n) is 11.5. The molecule has 33 heavy (non-hydrogen) atoms. The number of fused-ring (bicyclic) bond motifs is 3. The van der Waals surface area contributed by atoms with Gasteiger partial charge >= 0.3 is 6.09 Å². The second kappa shape index (κ2) is 8.48. The number of ether oxygens (including phenoxy) is 2. The lowest BCUT2D eigenvalue weighted by Gasteiger charge is -2.36. The number of hydrogen-bond donors (Lipinski definition) is 2. The van der Waals surface area contributed by atoms with Crippen LogP contribution in [0.3, 0.4) is 0 Å². The Bertz CT molecular complexity index is 1090. The lowest BCUT2D eigenvalue weighted by molar-refractivity contribution is 0.00133. The van der Waals surface area contributed by atoms with Gasteiger partial charge in [-0.3, -0.25) is 14.7 Å². The fourth-order valence-electron chi connectivity index (χ4n) is 5.31. The van der Waals surface area contributed by atoms with Crippen LogP contribution in [0.2, 0.25) is 0 Å². The second-order valence-electron chi connectivity index (χ2n) is 10.0. The summed E-state index contributed by atoms with van der Waals surface area (Å²) >= 11 is 2.22. The first kappa shape index (κ1) is 22.5. The second-order valence-corrected chi connectivity index (χ2v) is 11.1. The molecule has 9 heteroatoms. The third-order valence-electron chi connectivity index (χ3n) is 6.71. The monoisotopic (exact) mass is 564 g/mol. The standard InChI is InChI=1S/C24H29IN4O4/c1-24(2,3)33-23(31)29-14-5-4-13(10-14)17(29)12-32-18-11-26-8-6-15(18)21-20(25)19-16(28-21)7-9-27-22(19)30/h6,8,11,13-14,17,28H,4-5,7,9-10,12H2,1-3H3,(H,27,30)/t13-,14+,17+/m1/s1. The topological polar surface area (TPSA) is 96.5 Å². The molecule has 2 amide bonds. The minimum Gasteiger partial charge on any atom is -0.489 e. The molecule has 1 aliphatic carbocycles. The molecule has 2 aliphatic heterocycles. The number of aromatic nitrogens is 2. The number of nitrogens with zero attached hydrogens (tertiary/aromatic N) is 2. The highest BCUT2D eigenvalue weighted by molar-refractivity contribution is 14.1. The summed E-state index contributed by atoms with van der Waals surface area (Å²) in [5.41, 5.74) is 2.86. The van der Waals surface area contributed by atoms with E-state index in [1.807, 2.05) is 31.7 Å². The summed E-state index contributed by atoms with van der Waals surface area (Å²) in [5.74, 6) is 1.01. The lowest BCUT2D eigenvalue weighted by atomic mass is 9.99. The Morgan fingerprint density at radius 2 is 2.15 bits per heavy atom. The van der Waals surface area contributed by atoms with E-state index in [0.717, 1.165) is 46.2 Å². The van der Waals surface area contributed by atoms with E-state index in [9.17, 15) is 9.59 Å². The summed E-state index contributed by atoms with van der Waals surface area (Å²) in [6, 6.07) is 2.11. The van der Waals surface area contributed by atoms with Crippen LogP contribution in [0.5, 0.6) is 5.75 Å². The van der Waals surface area contributed by atoms with Gasteiger partial charge in [0.15, 0.2) is 0 Å². The van der Waals surface area contributed by atoms with Gasteiger partial charge < -0.3 is 19.8 Å². The third-order valence-corrected chi connectivity index (χ3v) is 7.79. The van der Waals surface area contributed by atoms with Crippen LogP contribution in [0.4, 0.5) is 4.79 Å². The molecule has 2 bridgehead atoms. The van der Waals surface area contributed by atoms with Crippen LogP contribution < -0.4 is 10.1 Å². The van der Waals surface area contributed by atoms with Gasteiger partial charge in [0.2, 0.25) is 0 Å². The van der Waals surface area contributed by atoms with Gasteiger partial charge in [-0.2, -0.15) is 0 Å². The highest BCUT2D eigenvalue weighted by atomic mass is 127. The minimum atomic E-state index is -0.531. The van der Waals surface area contributed by atoms with E-state index in [1.165, 1.54) is 0 Å². The maximum absolute atomic E-state index is 12.9. The molecule has 8 nitrogen and oxygen atoms in total. The van der Waals surface area contributed by atoms with Gasteiger partial charge in [-0.05, 0) is 74.6 Å². The van der Waals surface area contributed by atoms with Crippen molar-refractivity contribution in [3.05, 3.63) is 33.3 Å². The molecule has 0 spiro atoms. The van der Waals surface area contributed by atoms with Gasteiger partial charge in [-0.1, -0.05) is 0 Å². The van der Waals surface area contributed by atoms with Gasteiger partial charge in [0, 0.05) is 36.5 Å². The Kier molecular flexibility index (Phi) is 5.78. The van der Waals surface area contributed by atoms with Crippen molar-refractivity contribution < 1.29 is 19.1 Å². The molecule has 3 atom stereocenters. The largest absolute Gasteiger partial charge is 0.489 e. The summed E-state index contributed by atoms with van der Waals surface area (Å²) in [6.07, 6.45) is 7.07. The van der Waals surface area contributed by atoms with Crippen LogP contribution >= 0.6 is 22.6 Å². The average Bonchev–Trinajstić information content (AvgIpc) is 3.45. The number of rotatable bonds is 4. The summed E-state index contributed by atoms with van der Waals surface area (Å²) < 4.78 is 12.9. The van der Waals surface area contributed by atoms with E-state index in [2.05, 4.69) is 37.9 Å². The van der Waals surface area contributed by atoms with Gasteiger partial charge in [-0.25, -0.2) is 4.79 Å². The molecule has 0 unspecified atom stereocenters. The zero-order valence-electron chi connectivity index (χ0n) is 19.1. The molecule has 1 saturated carbocycles. The number of carbonyl (C=O) groups is 2. The van der Waals surface area contributed by atoms with E-state index in [0.29, 0.717) is 30.4 Å². The summed E-state index contributed by atoms with van der Waals surface area (Å²) in [5, 5.41) is 2.91. The fourth-order valence-corrected chi connectivity index (χ4v) is 6.30. The Morgan fingerprint density at radius 1 is 1.33 bits per heavy atom. The molecule has 2 fully saturated rings. The first-order valence-corrected chi connectivity index (χ1v) is 12.6. The molecule has 0 aromatic carbocycles. The minimum absolute atomic E-state index is 0.0200. The number of nitrogens with one attached hydrogen (secondary N) is 2. The van der Waals surface area contributed by atoms with Gasteiger partial charge in [0.25, 0.3) is 5.91 Å². The molecular weight excluding hydrogens is 535 g/mol. The van der Waals surface area contributed by atoms with Crippen molar-refractivity contribution in [3.63, 3.8) is 0 Å². The normalized spacial score (nSPS) is 23.9. The van der Waals surface area contributed by atoms with E-state index in [-0.39, 0.29) is 24.1 Å². The maximum atomic E-state index is 12.9. The number of H-pyrrole nitrogens is 1. The summed E-state index contributed by atoms with van der Waals surface area (Å²) in [6.45, 7) is 6.70. The van der Waals surface area contributed by atoms with Crippen molar-refractivity contribution in [3.8, 4) is 17.0 Å². The third kappa shape index (κ3) is 4.20. The number of piperidine rings is 1. The molecule has 3 aliphatic rings. The average molecular weight is 564 g/mol. The molecule has 176 valence electrons. The lowest BCUT2D eigenvalue weighted by Crippen LogP contribution is -2.49. The van der Waals surface area contributed by atoms with Gasteiger partial charge in [0.1, 0.15) is 18.0 Å². The van der Waals surface area contributed by atoms with Crippen LogP contribution in [0.1, 0.15) is 56.1 Å². The van der Waals surface area contributed by atoms with E-state index < -0.39 is 5.60 Å². The van der Waals surface area contributed by atoms with Gasteiger partial charge in [0.05, 0.1) is 27.1 Å². The van der Waals surface area contributed by atoms with E-state index in [1.54, 1.807) is 12.4 Å². The van der Waals surface area contributed by atoms with Crippen LogP contribution in [0.15, 0.2) is 18.5 Å². The Hall–Kier alpha value is -2.30. The number of halogens is 1. The van der Waals surface area contributed by atoms with Crippen LogP contribution in [-0.2, 0) is 11.2 Å². The molecular formula is C24H29IN4O4.